The molecular formula is C26H27BrN2O3. The molecule has 32 heavy (non-hydrogen) atoms. The molecule has 3 aromatic rings. The molecule has 0 saturated heterocycles. The molecule has 2 N–H and O–H groups in total. The lowest BCUT2D eigenvalue weighted by molar-refractivity contribution is -0.118. The molecule has 0 spiro atoms. The summed E-state index contributed by atoms with van der Waals surface area (Å²) in [6.07, 6.45) is 0.736. The number of halogens is 1. The van der Waals surface area contributed by atoms with Gasteiger partial charge in [-0.15, -0.1) is 0 Å². The van der Waals surface area contributed by atoms with Gasteiger partial charge < -0.3 is 15.4 Å². The molecule has 0 aliphatic rings. The summed E-state index contributed by atoms with van der Waals surface area (Å²) in [6, 6.07) is 22.6. The molecule has 0 heterocycles. The number of nitrogens with one attached hydrogen (secondary N) is 2. The number of benzene rings is 3. The van der Waals surface area contributed by atoms with Gasteiger partial charge in [-0.05, 0) is 53.8 Å². The van der Waals surface area contributed by atoms with Gasteiger partial charge in [-0.3, -0.25) is 9.59 Å². The van der Waals surface area contributed by atoms with E-state index in [1.165, 1.54) is 0 Å². The zero-order valence-electron chi connectivity index (χ0n) is 18.2. The van der Waals surface area contributed by atoms with Crippen LogP contribution in [0.3, 0.4) is 0 Å². The highest BCUT2D eigenvalue weighted by Gasteiger charge is 2.14. The summed E-state index contributed by atoms with van der Waals surface area (Å²) in [5.41, 5.74) is 3.05. The van der Waals surface area contributed by atoms with E-state index in [2.05, 4.69) is 40.4 Å². The summed E-state index contributed by atoms with van der Waals surface area (Å²) in [5.74, 6) is 0.371. The highest BCUT2D eigenvalue weighted by Crippen LogP contribution is 2.29. The molecule has 2 amide bonds. The molecule has 0 unspecified atom stereocenters. The van der Waals surface area contributed by atoms with E-state index in [0.717, 1.165) is 22.0 Å². The fraction of sp³-hybridized carbons (Fsp3) is 0.231. The predicted octanol–water partition coefficient (Wildman–Crippen LogP) is 5.56. The quantitative estimate of drug-likeness (QED) is 0.408. The molecule has 0 fully saturated rings. The van der Waals surface area contributed by atoms with Crippen LogP contribution in [0.25, 0.3) is 0 Å². The first-order valence-electron chi connectivity index (χ1n) is 10.6. The zero-order valence-corrected chi connectivity index (χ0v) is 19.8. The second kappa shape index (κ2) is 11.5. The average Bonchev–Trinajstić information content (AvgIpc) is 2.79. The van der Waals surface area contributed by atoms with E-state index in [1.54, 1.807) is 24.3 Å². The van der Waals surface area contributed by atoms with E-state index in [1.807, 2.05) is 48.5 Å². The number of carbonyl (C=O) groups is 2. The van der Waals surface area contributed by atoms with Crippen molar-refractivity contribution in [2.75, 3.05) is 18.5 Å². The third-order valence-corrected chi connectivity index (χ3v) is 5.43. The maximum Gasteiger partial charge on any atom is 0.262 e. The van der Waals surface area contributed by atoms with Crippen molar-refractivity contribution in [1.82, 2.24) is 5.32 Å². The van der Waals surface area contributed by atoms with Crippen LogP contribution >= 0.6 is 15.9 Å². The zero-order chi connectivity index (χ0) is 22.9. The van der Waals surface area contributed by atoms with Crippen LogP contribution in [0.4, 0.5) is 5.69 Å². The molecule has 0 radical (unpaired) electrons. The Balaban J connectivity index is 1.58. The molecule has 0 bridgehead atoms. The first-order valence-corrected chi connectivity index (χ1v) is 11.4. The molecule has 0 aliphatic heterocycles. The molecule has 6 heteroatoms. The van der Waals surface area contributed by atoms with Crippen LogP contribution in [-0.2, 0) is 11.2 Å². The largest absolute Gasteiger partial charge is 0.483 e. The third-order valence-electron chi connectivity index (χ3n) is 4.94. The number of para-hydroxylation sites is 1. The number of amides is 2. The van der Waals surface area contributed by atoms with Gasteiger partial charge in [0.1, 0.15) is 5.75 Å². The van der Waals surface area contributed by atoms with Crippen LogP contribution in [0.2, 0.25) is 0 Å². The Morgan fingerprint density at radius 3 is 2.44 bits per heavy atom. The summed E-state index contributed by atoms with van der Waals surface area (Å²) in [6.45, 7) is 4.50. The summed E-state index contributed by atoms with van der Waals surface area (Å²) in [4.78, 5) is 25.2. The van der Waals surface area contributed by atoms with Gasteiger partial charge in [0.05, 0.1) is 11.3 Å². The lowest BCUT2D eigenvalue weighted by Crippen LogP contribution is -2.28. The Bertz CT molecular complexity index is 1070. The van der Waals surface area contributed by atoms with Crippen molar-refractivity contribution in [3.8, 4) is 5.75 Å². The van der Waals surface area contributed by atoms with E-state index in [0.29, 0.717) is 23.5 Å². The van der Waals surface area contributed by atoms with Crippen LogP contribution in [0.5, 0.6) is 5.75 Å². The van der Waals surface area contributed by atoms with Crippen molar-refractivity contribution in [2.24, 2.45) is 0 Å². The van der Waals surface area contributed by atoms with Crippen molar-refractivity contribution in [1.29, 1.82) is 0 Å². The minimum Gasteiger partial charge on any atom is -0.483 e. The Labute approximate surface area is 197 Å². The van der Waals surface area contributed by atoms with E-state index < -0.39 is 0 Å². The van der Waals surface area contributed by atoms with Gasteiger partial charge in [-0.1, -0.05) is 72.2 Å². The fourth-order valence-corrected chi connectivity index (χ4v) is 3.66. The normalized spacial score (nSPS) is 10.6. The molecular weight excluding hydrogens is 468 g/mol. The molecule has 3 aromatic carbocycles. The second-order valence-electron chi connectivity index (χ2n) is 7.71. The standard InChI is InChI=1S/C26H27BrN2O3/c1-18(2)22-16-20(27)12-13-24(22)32-17-25(30)29-23-11-7-6-10-21(23)26(31)28-15-14-19-8-4-3-5-9-19/h3-13,16,18H,14-15,17H2,1-2H3,(H,28,31)(H,29,30). The Kier molecular flexibility index (Phi) is 8.45. The SMILES string of the molecule is CC(C)c1cc(Br)ccc1OCC(=O)Nc1ccccc1C(=O)NCCc1ccccc1. The van der Waals surface area contributed by atoms with E-state index in [-0.39, 0.29) is 24.3 Å². The Morgan fingerprint density at radius 2 is 1.69 bits per heavy atom. The van der Waals surface area contributed by atoms with Gasteiger partial charge in [0, 0.05) is 11.0 Å². The number of rotatable bonds is 9. The second-order valence-corrected chi connectivity index (χ2v) is 8.63. The van der Waals surface area contributed by atoms with Crippen molar-refractivity contribution in [3.63, 3.8) is 0 Å². The molecule has 5 nitrogen and oxygen atoms in total. The van der Waals surface area contributed by atoms with Gasteiger partial charge in [-0.25, -0.2) is 0 Å². The van der Waals surface area contributed by atoms with Crippen LogP contribution in [0.15, 0.2) is 77.3 Å². The summed E-state index contributed by atoms with van der Waals surface area (Å²) >= 11 is 3.47. The topological polar surface area (TPSA) is 67.4 Å². The predicted molar refractivity (Wildman–Crippen MR) is 131 cm³/mol. The molecule has 0 aromatic heterocycles. The maximum absolute atomic E-state index is 12.7. The highest BCUT2D eigenvalue weighted by molar-refractivity contribution is 9.10. The van der Waals surface area contributed by atoms with Crippen LogP contribution < -0.4 is 15.4 Å². The Morgan fingerprint density at radius 1 is 0.969 bits per heavy atom. The number of hydrogen-bond donors (Lipinski definition) is 2. The van der Waals surface area contributed by atoms with E-state index in [9.17, 15) is 9.59 Å². The maximum atomic E-state index is 12.7. The molecule has 3 rings (SSSR count). The number of ether oxygens (including phenoxy) is 1. The van der Waals surface area contributed by atoms with E-state index >= 15 is 0 Å². The van der Waals surface area contributed by atoms with Gasteiger partial charge in [0.2, 0.25) is 0 Å². The average molecular weight is 495 g/mol. The summed E-state index contributed by atoms with van der Waals surface area (Å²) in [7, 11) is 0. The third kappa shape index (κ3) is 6.69. The van der Waals surface area contributed by atoms with E-state index in [4.69, 9.17) is 4.74 Å². The first kappa shape index (κ1) is 23.5. The molecule has 0 aliphatic carbocycles. The smallest absolute Gasteiger partial charge is 0.262 e. The van der Waals surface area contributed by atoms with Crippen LogP contribution in [-0.4, -0.2) is 25.0 Å². The van der Waals surface area contributed by atoms with Crippen molar-refractivity contribution in [3.05, 3.63) is 94.0 Å². The van der Waals surface area contributed by atoms with Gasteiger partial charge in [0.15, 0.2) is 6.61 Å². The van der Waals surface area contributed by atoms with Crippen molar-refractivity contribution in [2.45, 2.75) is 26.2 Å². The lowest BCUT2D eigenvalue weighted by atomic mass is 10.0. The number of hydrogen-bond acceptors (Lipinski definition) is 3. The monoisotopic (exact) mass is 494 g/mol. The number of carbonyl (C=O) groups excluding carboxylic acids is 2. The van der Waals surface area contributed by atoms with Gasteiger partial charge in [-0.2, -0.15) is 0 Å². The lowest BCUT2D eigenvalue weighted by Gasteiger charge is -2.15. The summed E-state index contributed by atoms with van der Waals surface area (Å²) in [5, 5.41) is 5.71. The molecule has 166 valence electrons. The fourth-order valence-electron chi connectivity index (χ4n) is 3.28. The highest BCUT2D eigenvalue weighted by atomic mass is 79.9. The Hall–Kier alpha value is -3.12. The minimum atomic E-state index is -0.327. The summed E-state index contributed by atoms with van der Waals surface area (Å²) < 4.78 is 6.73. The molecule has 0 saturated carbocycles. The first-order chi connectivity index (χ1) is 15.4. The van der Waals surface area contributed by atoms with Crippen molar-refractivity contribution >= 4 is 33.4 Å². The minimum absolute atomic E-state index is 0.148. The van der Waals surface area contributed by atoms with Crippen LogP contribution in [0, 0.1) is 0 Å². The van der Waals surface area contributed by atoms with Crippen LogP contribution in [0.1, 0.15) is 41.3 Å². The van der Waals surface area contributed by atoms with Gasteiger partial charge >= 0.3 is 0 Å². The van der Waals surface area contributed by atoms with Gasteiger partial charge in [0.25, 0.3) is 11.8 Å². The number of anilines is 1. The van der Waals surface area contributed by atoms with Crippen molar-refractivity contribution < 1.29 is 14.3 Å². The molecule has 0 atom stereocenters.